The Hall–Kier alpha value is -4.71. The van der Waals surface area contributed by atoms with E-state index in [-0.39, 0.29) is 31.6 Å². The lowest BCUT2D eigenvalue weighted by Gasteiger charge is -2.18. The minimum atomic E-state index is -0.833. The summed E-state index contributed by atoms with van der Waals surface area (Å²) in [6.07, 6.45) is 85.7. The maximum atomic E-state index is 12.8. The molecule has 410 valence electrons. The van der Waals surface area contributed by atoms with Crippen LogP contribution in [0.1, 0.15) is 239 Å². The fraction of sp³-hybridized carbons (Fsp3) is 0.597. The van der Waals surface area contributed by atoms with Gasteiger partial charge in [-0.15, -0.1) is 0 Å². The third kappa shape index (κ3) is 58.1. The summed E-state index contributed by atoms with van der Waals surface area (Å²) < 4.78 is 16.8. The largest absolute Gasteiger partial charge is 0.462 e. The number of rotatable bonds is 51. The quantitative estimate of drug-likeness (QED) is 0.0261. The number of esters is 3. The van der Waals surface area contributed by atoms with Gasteiger partial charge in [0.1, 0.15) is 13.2 Å². The van der Waals surface area contributed by atoms with Crippen LogP contribution in [0.3, 0.4) is 0 Å². The van der Waals surface area contributed by atoms with Gasteiger partial charge in [-0.3, -0.25) is 14.4 Å². The molecule has 0 amide bonds. The van der Waals surface area contributed by atoms with Crippen LogP contribution in [-0.2, 0) is 28.6 Å². The molecule has 0 aromatic rings. The Balaban J connectivity index is 4.49. The first-order valence-corrected chi connectivity index (χ1v) is 29.3. The van der Waals surface area contributed by atoms with Crippen LogP contribution in [0.15, 0.2) is 146 Å². The predicted octanol–water partition coefficient (Wildman–Crippen LogP) is 20.0. The predicted molar refractivity (Wildman–Crippen MR) is 315 cm³/mol. The van der Waals surface area contributed by atoms with Crippen molar-refractivity contribution in [1.29, 1.82) is 0 Å². The van der Waals surface area contributed by atoms with E-state index in [1.807, 2.05) is 12.2 Å². The second-order valence-electron chi connectivity index (χ2n) is 18.8. The van der Waals surface area contributed by atoms with Crippen LogP contribution in [0.4, 0.5) is 0 Å². The number of allylic oxidation sites excluding steroid dienone is 24. The molecule has 0 aliphatic carbocycles. The van der Waals surface area contributed by atoms with Gasteiger partial charge < -0.3 is 14.2 Å². The summed E-state index contributed by atoms with van der Waals surface area (Å²) in [4.78, 5) is 38.2. The smallest absolute Gasteiger partial charge is 0.306 e. The number of carbonyl (C=O) groups excluding carboxylic acids is 3. The zero-order valence-corrected chi connectivity index (χ0v) is 46.8. The molecule has 1 unspecified atom stereocenters. The summed E-state index contributed by atoms with van der Waals surface area (Å²) in [5.41, 5.74) is 0. The van der Waals surface area contributed by atoms with E-state index in [1.165, 1.54) is 57.8 Å². The molecule has 0 spiro atoms. The van der Waals surface area contributed by atoms with E-state index in [0.717, 1.165) is 135 Å². The second kappa shape index (κ2) is 59.8. The first kappa shape index (κ1) is 68.3. The van der Waals surface area contributed by atoms with Gasteiger partial charge in [0.25, 0.3) is 0 Å². The fourth-order valence-electron chi connectivity index (χ4n) is 7.50. The monoisotopic (exact) mass is 1010 g/mol. The lowest BCUT2D eigenvalue weighted by molar-refractivity contribution is -0.166. The lowest BCUT2D eigenvalue weighted by atomic mass is 10.1. The molecule has 0 aliphatic heterocycles. The molecule has 0 aliphatic rings. The van der Waals surface area contributed by atoms with Crippen LogP contribution in [0.5, 0.6) is 0 Å². The molecule has 0 saturated carbocycles. The van der Waals surface area contributed by atoms with Gasteiger partial charge in [0.2, 0.25) is 0 Å². The molecule has 6 heteroatoms. The summed E-state index contributed by atoms with van der Waals surface area (Å²) in [5, 5.41) is 0. The van der Waals surface area contributed by atoms with Crippen molar-refractivity contribution < 1.29 is 28.6 Å². The number of unbranched alkanes of at least 4 members (excludes halogenated alkanes) is 16. The van der Waals surface area contributed by atoms with Crippen molar-refractivity contribution in [1.82, 2.24) is 0 Å². The van der Waals surface area contributed by atoms with Crippen molar-refractivity contribution in [3.05, 3.63) is 146 Å². The zero-order chi connectivity index (χ0) is 52.9. The van der Waals surface area contributed by atoms with Gasteiger partial charge in [-0.25, -0.2) is 0 Å². The minimum Gasteiger partial charge on any atom is -0.462 e. The van der Waals surface area contributed by atoms with Crippen LogP contribution < -0.4 is 0 Å². The third-order valence-corrected chi connectivity index (χ3v) is 11.8. The number of hydrogen-bond acceptors (Lipinski definition) is 6. The molecule has 0 N–H and O–H groups in total. The van der Waals surface area contributed by atoms with Crippen LogP contribution >= 0.6 is 0 Å². The molecular formula is C67H106O6. The molecule has 0 radical (unpaired) electrons. The first-order valence-electron chi connectivity index (χ1n) is 29.3. The van der Waals surface area contributed by atoms with Crippen LogP contribution in [0.25, 0.3) is 0 Å². The van der Waals surface area contributed by atoms with E-state index in [9.17, 15) is 14.4 Å². The number of ether oxygens (including phenoxy) is 3. The van der Waals surface area contributed by atoms with E-state index in [0.29, 0.717) is 19.3 Å². The van der Waals surface area contributed by atoms with Gasteiger partial charge >= 0.3 is 17.9 Å². The minimum absolute atomic E-state index is 0.120. The van der Waals surface area contributed by atoms with Gasteiger partial charge in [-0.05, 0) is 122 Å². The highest BCUT2D eigenvalue weighted by Gasteiger charge is 2.19. The summed E-state index contributed by atoms with van der Waals surface area (Å²) in [6, 6.07) is 0. The topological polar surface area (TPSA) is 78.9 Å². The molecule has 0 fully saturated rings. The molecular weight excluding hydrogens is 901 g/mol. The second-order valence-corrected chi connectivity index (χ2v) is 18.8. The third-order valence-electron chi connectivity index (χ3n) is 11.8. The van der Waals surface area contributed by atoms with Gasteiger partial charge in [-0.1, -0.05) is 244 Å². The Kier molecular flexibility index (Phi) is 56.0. The Morgan fingerprint density at radius 1 is 0.288 bits per heavy atom. The van der Waals surface area contributed by atoms with Crippen LogP contribution in [-0.4, -0.2) is 37.2 Å². The Morgan fingerprint density at radius 3 is 0.890 bits per heavy atom. The Labute approximate surface area is 448 Å². The normalized spacial score (nSPS) is 13.2. The lowest BCUT2D eigenvalue weighted by Crippen LogP contribution is -2.30. The average Bonchev–Trinajstić information content (AvgIpc) is 3.39. The highest BCUT2D eigenvalue weighted by atomic mass is 16.6. The summed E-state index contributed by atoms with van der Waals surface area (Å²) in [5.74, 6) is -1.03. The van der Waals surface area contributed by atoms with E-state index in [1.54, 1.807) is 0 Å². The van der Waals surface area contributed by atoms with Crippen LogP contribution in [0.2, 0.25) is 0 Å². The van der Waals surface area contributed by atoms with Gasteiger partial charge in [0.15, 0.2) is 6.10 Å². The van der Waals surface area contributed by atoms with E-state index in [4.69, 9.17) is 14.2 Å². The zero-order valence-electron chi connectivity index (χ0n) is 46.8. The highest BCUT2D eigenvalue weighted by molar-refractivity contribution is 5.71. The van der Waals surface area contributed by atoms with E-state index < -0.39 is 12.1 Å². The first-order chi connectivity index (χ1) is 36.0. The van der Waals surface area contributed by atoms with Crippen molar-refractivity contribution in [2.45, 2.75) is 245 Å². The summed E-state index contributed by atoms with van der Waals surface area (Å²) in [6.45, 7) is 6.26. The molecule has 0 heterocycles. The van der Waals surface area contributed by atoms with Gasteiger partial charge in [-0.2, -0.15) is 0 Å². The maximum Gasteiger partial charge on any atom is 0.306 e. The number of carbonyl (C=O) groups is 3. The summed E-state index contributed by atoms with van der Waals surface area (Å²) >= 11 is 0. The SMILES string of the molecule is CC/C=C\C/C=C\C/C=C\C/C=C\C/C=C\C/C=C\CCC(=O)OC(COC(=O)CCCCCCC/C=C\C/C=C\CCC)COC(=O)CCCCCCCCCCCC/C=C\C/C=C\C/C=C\C/C=C\CC. The molecule has 6 nitrogen and oxygen atoms in total. The van der Waals surface area contributed by atoms with Gasteiger partial charge in [0, 0.05) is 19.3 Å². The maximum absolute atomic E-state index is 12.8. The average molecular weight is 1010 g/mol. The summed E-state index contributed by atoms with van der Waals surface area (Å²) in [7, 11) is 0. The fourth-order valence-corrected chi connectivity index (χ4v) is 7.50. The standard InChI is InChI=1S/C67H106O6/c1-4-7-10-13-16-19-22-25-27-29-31-32-33-34-36-37-39-42-45-48-51-54-57-60-66(69)72-63-64(62-71-65(68)59-56-53-50-47-44-41-24-21-18-15-12-9-6-3)73-67(70)61-58-55-52-49-46-43-40-38-35-30-28-26-23-20-17-14-11-8-5-2/h7-8,10-12,15-17,19-21,24-28,31-32,35,38,43,46,52,55,64H,4-6,9,13-14,18,22-23,29-30,33-34,36-37,39-42,44-45,47-51,53-54,56-63H2,1-3H3/b10-7-,11-8-,15-12-,19-16-,20-17-,24-21-,27-25-,28-26-,32-31-,38-35-,46-43-,55-52-. The van der Waals surface area contributed by atoms with E-state index in [2.05, 4.69) is 154 Å². The molecule has 1 atom stereocenters. The van der Waals surface area contributed by atoms with Gasteiger partial charge in [0.05, 0.1) is 0 Å². The molecule has 73 heavy (non-hydrogen) atoms. The molecule has 0 saturated heterocycles. The van der Waals surface area contributed by atoms with Crippen molar-refractivity contribution in [2.75, 3.05) is 13.2 Å². The van der Waals surface area contributed by atoms with Crippen molar-refractivity contribution in [3.63, 3.8) is 0 Å². The van der Waals surface area contributed by atoms with Crippen molar-refractivity contribution in [3.8, 4) is 0 Å². The molecule has 0 rings (SSSR count). The van der Waals surface area contributed by atoms with Crippen molar-refractivity contribution in [2.24, 2.45) is 0 Å². The Bertz CT molecular complexity index is 1630. The highest BCUT2D eigenvalue weighted by Crippen LogP contribution is 2.14. The molecule has 0 aromatic heterocycles. The van der Waals surface area contributed by atoms with E-state index >= 15 is 0 Å². The number of hydrogen-bond donors (Lipinski definition) is 0. The molecule has 0 aromatic carbocycles. The molecule has 0 bridgehead atoms. The van der Waals surface area contributed by atoms with Crippen molar-refractivity contribution >= 4 is 17.9 Å². The Morgan fingerprint density at radius 2 is 0.562 bits per heavy atom. The van der Waals surface area contributed by atoms with Crippen LogP contribution in [0, 0.1) is 0 Å².